The summed E-state index contributed by atoms with van der Waals surface area (Å²) in [6.45, 7) is 10.7. The van der Waals surface area contributed by atoms with Crippen LogP contribution in [-0.2, 0) is 6.42 Å². The highest BCUT2D eigenvalue weighted by Gasteiger charge is 2.31. The first-order valence-electron chi connectivity index (χ1n) is 9.80. The predicted molar refractivity (Wildman–Crippen MR) is 128 cm³/mol. The van der Waals surface area contributed by atoms with Gasteiger partial charge in [0, 0.05) is 17.3 Å². The number of hydrogen-bond donors (Lipinski definition) is 1. The van der Waals surface area contributed by atoms with Crippen LogP contribution >= 0.6 is 11.8 Å². The third kappa shape index (κ3) is 5.76. The number of rotatable bonds is 11. The summed E-state index contributed by atoms with van der Waals surface area (Å²) in [4.78, 5) is 2.27. The van der Waals surface area contributed by atoms with Crippen molar-refractivity contribution in [3.05, 3.63) is 85.0 Å². The molecule has 0 saturated carbocycles. The van der Waals surface area contributed by atoms with Crippen LogP contribution in [0.4, 0.5) is 5.69 Å². The van der Waals surface area contributed by atoms with E-state index in [9.17, 15) is 0 Å². The Morgan fingerprint density at radius 1 is 1.14 bits per heavy atom. The molecule has 2 atom stereocenters. The van der Waals surface area contributed by atoms with Crippen molar-refractivity contribution in [3.63, 3.8) is 0 Å². The smallest absolute Gasteiger partial charge is 0.0466 e. The summed E-state index contributed by atoms with van der Waals surface area (Å²) in [7, 11) is 4.26. The van der Waals surface area contributed by atoms with E-state index in [1.54, 1.807) is 0 Å². The summed E-state index contributed by atoms with van der Waals surface area (Å²) >= 11 is 1.86. The molecular weight excluding hydrogens is 360 g/mol. The molecule has 0 fully saturated rings. The van der Waals surface area contributed by atoms with Gasteiger partial charge >= 0.3 is 0 Å². The van der Waals surface area contributed by atoms with E-state index in [-0.39, 0.29) is 5.54 Å². The maximum atomic E-state index is 4.48. The summed E-state index contributed by atoms with van der Waals surface area (Å²) in [5.74, 6) is 1.12. The van der Waals surface area contributed by atoms with Crippen molar-refractivity contribution >= 4 is 23.0 Å². The fourth-order valence-corrected chi connectivity index (χ4v) is 3.80. The molecule has 2 aromatic rings. The topological polar surface area (TPSA) is 15.3 Å². The lowest BCUT2D eigenvalue weighted by molar-refractivity contribution is 0.240. The van der Waals surface area contributed by atoms with Crippen LogP contribution in [0, 0.1) is 0 Å². The summed E-state index contributed by atoms with van der Waals surface area (Å²) in [6.07, 6.45) is 6.13. The Morgan fingerprint density at radius 3 is 2.32 bits per heavy atom. The molecule has 2 unspecified atom stereocenters. The van der Waals surface area contributed by atoms with Gasteiger partial charge in [-0.3, -0.25) is 4.90 Å². The molecule has 0 saturated heterocycles. The average Bonchev–Trinajstić information content (AvgIpc) is 2.71. The van der Waals surface area contributed by atoms with E-state index in [2.05, 4.69) is 105 Å². The summed E-state index contributed by atoms with van der Waals surface area (Å²) in [5.41, 5.74) is 4.60. The van der Waals surface area contributed by atoms with E-state index in [1.807, 2.05) is 17.8 Å². The van der Waals surface area contributed by atoms with Gasteiger partial charge in [-0.25, -0.2) is 0 Å². The zero-order valence-corrected chi connectivity index (χ0v) is 18.6. The fraction of sp³-hybridized carbons (Fsp3) is 0.360. The van der Waals surface area contributed by atoms with Crippen molar-refractivity contribution < 1.29 is 0 Å². The van der Waals surface area contributed by atoms with E-state index in [0.717, 1.165) is 29.9 Å². The first-order chi connectivity index (χ1) is 13.4. The van der Waals surface area contributed by atoms with Crippen molar-refractivity contribution in [2.45, 2.75) is 31.3 Å². The van der Waals surface area contributed by atoms with Crippen LogP contribution in [0.1, 0.15) is 24.5 Å². The summed E-state index contributed by atoms with van der Waals surface area (Å²) < 4.78 is 0. The molecule has 2 nitrogen and oxygen atoms in total. The van der Waals surface area contributed by atoms with Gasteiger partial charge in [-0.2, -0.15) is 11.8 Å². The van der Waals surface area contributed by atoms with Crippen molar-refractivity contribution in [3.8, 4) is 0 Å². The SMILES string of the molecule is C=CC(CCSC)Nc1ccc(C(=C)C(C)(Cc2ccccc2)N(C)C)cc1. The Morgan fingerprint density at radius 2 is 1.79 bits per heavy atom. The molecule has 0 aliphatic heterocycles. The molecule has 0 radical (unpaired) electrons. The third-order valence-corrected chi connectivity index (χ3v) is 6.18. The first kappa shape index (κ1) is 22.3. The fourth-order valence-electron chi connectivity index (χ4n) is 3.31. The summed E-state index contributed by atoms with van der Waals surface area (Å²) in [6, 6.07) is 19.6. The van der Waals surface area contributed by atoms with Gasteiger partial charge in [-0.1, -0.05) is 55.1 Å². The molecule has 0 bridgehead atoms. The van der Waals surface area contributed by atoms with Gasteiger partial charge in [-0.05, 0) is 74.7 Å². The van der Waals surface area contributed by atoms with E-state index in [0.29, 0.717) is 6.04 Å². The number of thioether (sulfide) groups is 1. The highest BCUT2D eigenvalue weighted by molar-refractivity contribution is 7.98. The van der Waals surface area contributed by atoms with Crippen LogP contribution in [0.15, 0.2) is 73.8 Å². The van der Waals surface area contributed by atoms with Crippen molar-refractivity contribution in [2.24, 2.45) is 0 Å². The molecule has 150 valence electrons. The number of nitrogens with one attached hydrogen (secondary N) is 1. The van der Waals surface area contributed by atoms with Gasteiger partial charge in [0.2, 0.25) is 0 Å². The normalized spacial score (nSPS) is 14.3. The van der Waals surface area contributed by atoms with Crippen LogP contribution in [0.2, 0.25) is 0 Å². The molecule has 1 N–H and O–H groups in total. The van der Waals surface area contributed by atoms with Crippen molar-refractivity contribution in [1.82, 2.24) is 4.90 Å². The standard InChI is InChI=1S/C25H34N2S/c1-7-23(17-18-28-6)26-24-15-13-22(14-16-24)20(2)25(3,27(4)5)19-21-11-9-8-10-12-21/h7-16,23,26H,1-2,17-19H2,3-6H3. The Bertz CT molecular complexity index is 752. The number of likely N-dealkylation sites (N-methyl/N-ethyl adjacent to an activating group) is 1. The highest BCUT2D eigenvalue weighted by Crippen LogP contribution is 2.33. The Balaban J connectivity index is 2.15. The molecule has 0 aromatic heterocycles. The lowest BCUT2D eigenvalue weighted by atomic mass is 9.81. The second-order valence-electron chi connectivity index (χ2n) is 7.65. The van der Waals surface area contributed by atoms with Crippen LogP contribution in [0.25, 0.3) is 5.57 Å². The average molecular weight is 395 g/mol. The van der Waals surface area contributed by atoms with Crippen molar-refractivity contribution in [2.75, 3.05) is 31.4 Å². The lowest BCUT2D eigenvalue weighted by Gasteiger charge is -2.39. The molecule has 3 heteroatoms. The molecule has 0 amide bonds. The van der Waals surface area contributed by atoms with Gasteiger partial charge in [-0.15, -0.1) is 6.58 Å². The lowest BCUT2D eigenvalue weighted by Crippen LogP contribution is -2.44. The van der Waals surface area contributed by atoms with Crippen molar-refractivity contribution in [1.29, 1.82) is 0 Å². The third-order valence-electron chi connectivity index (χ3n) is 5.53. The number of anilines is 1. The minimum Gasteiger partial charge on any atom is -0.379 e. The van der Waals surface area contributed by atoms with Crippen LogP contribution in [0.5, 0.6) is 0 Å². The van der Waals surface area contributed by atoms with E-state index >= 15 is 0 Å². The van der Waals surface area contributed by atoms with Crippen LogP contribution in [-0.4, -0.2) is 42.6 Å². The molecule has 28 heavy (non-hydrogen) atoms. The largest absolute Gasteiger partial charge is 0.379 e. The molecule has 0 aliphatic rings. The molecule has 2 aromatic carbocycles. The minimum atomic E-state index is -0.154. The van der Waals surface area contributed by atoms with E-state index in [1.165, 1.54) is 11.1 Å². The summed E-state index contributed by atoms with van der Waals surface area (Å²) in [5, 5.41) is 3.56. The molecule has 0 aliphatic carbocycles. The number of nitrogens with zero attached hydrogens (tertiary/aromatic N) is 1. The van der Waals surface area contributed by atoms with Gasteiger partial charge in [0.15, 0.2) is 0 Å². The highest BCUT2D eigenvalue weighted by atomic mass is 32.2. The van der Waals surface area contributed by atoms with Gasteiger partial charge in [0.05, 0.1) is 0 Å². The Hall–Kier alpha value is -1.97. The maximum Gasteiger partial charge on any atom is 0.0466 e. The Kier molecular flexibility index (Phi) is 8.40. The molecular formula is C25H34N2S. The van der Waals surface area contributed by atoms with Crippen LogP contribution in [0.3, 0.4) is 0 Å². The first-order valence-corrected chi connectivity index (χ1v) is 11.2. The Labute approximate surface area is 175 Å². The molecule has 0 spiro atoms. The quantitative estimate of drug-likeness (QED) is 0.472. The molecule has 2 rings (SSSR count). The second kappa shape index (κ2) is 10.5. The molecule has 0 heterocycles. The van der Waals surface area contributed by atoms with Crippen LogP contribution < -0.4 is 5.32 Å². The second-order valence-corrected chi connectivity index (χ2v) is 8.64. The monoisotopic (exact) mass is 394 g/mol. The zero-order chi connectivity index (χ0) is 20.6. The van der Waals surface area contributed by atoms with Gasteiger partial charge in [0.1, 0.15) is 0 Å². The number of benzene rings is 2. The van der Waals surface area contributed by atoms with Gasteiger partial charge in [0.25, 0.3) is 0 Å². The predicted octanol–water partition coefficient (Wildman–Crippen LogP) is 5.98. The minimum absolute atomic E-state index is 0.154. The van der Waals surface area contributed by atoms with E-state index < -0.39 is 0 Å². The zero-order valence-electron chi connectivity index (χ0n) is 17.7. The number of hydrogen-bond acceptors (Lipinski definition) is 3. The maximum absolute atomic E-state index is 4.48. The van der Waals surface area contributed by atoms with E-state index in [4.69, 9.17) is 0 Å². The van der Waals surface area contributed by atoms with Gasteiger partial charge < -0.3 is 5.32 Å².